The van der Waals surface area contributed by atoms with E-state index >= 15 is 0 Å². The van der Waals surface area contributed by atoms with Crippen molar-refractivity contribution in [3.8, 4) is 0 Å². The molecule has 1 atom stereocenters. The molecule has 0 bridgehead atoms. The molecule has 2 aliphatic rings. The third-order valence-corrected chi connectivity index (χ3v) is 6.29. The lowest BCUT2D eigenvalue weighted by Crippen LogP contribution is -2.58. The van der Waals surface area contributed by atoms with E-state index in [9.17, 15) is 9.59 Å². The van der Waals surface area contributed by atoms with Crippen molar-refractivity contribution in [2.45, 2.75) is 45.1 Å². The molecule has 150 valence electrons. The molecule has 2 amide bonds. The molecule has 3 rings (SSSR count). The number of aromatic nitrogens is 1. The van der Waals surface area contributed by atoms with E-state index in [0.29, 0.717) is 6.42 Å². The minimum Gasteiger partial charge on any atom is -0.341 e. The maximum absolute atomic E-state index is 13.3. The van der Waals surface area contributed by atoms with Crippen LogP contribution in [0.15, 0.2) is 24.5 Å². The first-order valence-corrected chi connectivity index (χ1v) is 10.1. The molecule has 0 aromatic carbocycles. The molecule has 6 heteroatoms. The fraction of sp³-hybridized carbons (Fsp3) is 0.714. The van der Waals surface area contributed by atoms with E-state index in [1.54, 1.807) is 0 Å². The molecule has 2 saturated heterocycles. The number of nitrogens with zero attached hydrogens (tertiary/aromatic N) is 4. The Labute approximate surface area is 163 Å². The normalized spacial score (nSPS) is 24.1. The van der Waals surface area contributed by atoms with Crippen LogP contribution in [0.5, 0.6) is 0 Å². The van der Waals surface area contributed by atoms with Gasteiger partial charge in [0.05, 0.1) is 0 Å². The van der Waals surface area contributed by atoms with Crippen LogP contribution in [0.25, 0.3) is 0 Å². The summed E-state index contributed by atoms with van der Waals surface area (Å²) in [5, 5.41) is 0. The predicted octanol–water partition coefficient (Wildman–Crippen LogP) is 2.02. The van der Waals surface area contributed by atoms with Crippen LogP contribution in [-0.4, -0.2) is 77.9 Å². The van der Waals surface area contributed by atoms with E-state index in [2.05, 4.69) is 4.90 Å². The zero-order chi connectivity index (χ0) is 19.7. The van der Waals surface area contributed by atoms with E-state index < -0.39 is 5.54 Å². The summed E-state index contributed by atoms with van der Waals surface area (Å²) in [7, 11) is 4.07. The van der Waals surface area contributed by atoms with E-state index in [1.807, 2.05) is 66.8 Å². The van der Waals surface area contributed by atoms with Crippen molar-refractivity contribution in [2.75, 3.05) is 46.8 Å². The van der Waals surface area contributed by atoms with Crippen molar-refractivity contribution in [2.24, 2.45) is 5.41 Å². The number of carbonyl (C=O) groups is 2. The molecule has 0 saturated carbocycles. The molecular weight excluding hydrogens is 340 g/mol. The number of piperidine rings is 2. The smallest absolute Gasteiger partial charge is 0.248 e. The monoisotopic (exact) mass is 374 g/mol. The fourth-order valence-corrected chi connectivity index (χ4v) is 4.55. The molecule has 0 aliphatic carbocycles. The summed E-state index contributed by atoms with van der Waals surface area (Å²) in [5.41, 5.74) is -0.530. The van der Waals surface area contributed by atoms with Gasteiger partial charge in [-0.3, -0.25) is 9.59 Å². The Balaban J connectivity index is 1.71. The Kier molecular flexibility index (Phi) is 5.65. The summed E-state index contributed by atoms with van der Waals surface area (Å²) in [6.45, 7) is 8.00. The SMILES string of the molecule is CN(C)CCN1C[C@@]2(CCCN(C(=O)C(C)(C)n3cccc3)C2)CCC1=O. The zero-order valence-corrected chi connectivity index (χ0v) is 17.3. The van der Waals surface area contributed by atoms with E-state index in [0.717, 1.165) is 52.0 Å². The van der Waals surface area contributed by atoms with Gasteiger partial charge in [-0.15, -0.1) is 0 Å². The largest absolute Gasteiger partial charge is 0.341 e. The number of carbonyl (C=O) groups excluding carboxylic acids is 2. The fourth-order valence-electron chi connectivity index (χ4n) is 4.55. The summed E-state index contributed by atoms with van der Waals surface area (Å²) in [6, 6.07) is 3.92. The van der Waals surface area contributed by atoms with Gasteiger partial charge >= 0.3 is 0 Å². The van der Waals surface area contributed by atoms with E-state index in [1.165, 1.54) is 0 Å². The maximum Gasteiger partial charge on any atom is 0.248 e. The molecule has 27 heavy (non-hydrogen) atoms. The second kappa shape index (κ2) is 7.66. The summed E-state index contributed by atoms with van der Waals surface area (Å²) in [5.74, 6) is 0.438. The first kappa shape index (κ1) is 19.9. The predicted molar refractivity (Wildman–Crippen MR) is 106 cm³/mol. The van der Waals surface area contributed by atoms with Gasteiger partial charge in [-0.1, -0.05) is 0 Å². The highest BCUT2D eigenvalue weighted by Crippen LogP contribution is 2.39. The van der Waals surface area contributed by atoms with Gasteiger partial charge in [-0.25, -0.2) is 0 Å². The lowest BCUT2D eigenvalue weighted by molar-refractivity contribution is -0.147. The van der Waals surface area contributed by atoms with Crippen molar-refractivity contribution in [3.05, 3.63) is 24.5 Å². The van der Waals surface area contributed by atoms with E-state index in [-0.39, 0.29) is 17.2 Å². The minimum absolute atomic E-state index is 0.0564. The van der Waals surface area contributed by atoms with Crippen molar-refractivity contribution >= 4 is 11.8 Å². The second-order valence-corrected chi connectivity index (χ2v) is 9.10. The average molecular weight is 375 g/mol. The molecule has 3 heterocycles. The van der Waals surface area contributed by atoms with Gasteiger partial charge in [0.25, 0.3) is 0 Å². The molecule has 0 N–H and O–H groups in total. The zero-order valence-electron chi connectivity index (χ0n) is 17.3. The second-order valence-electron chi connectivity index (χ2n) is 9.10. The van der Waals surface area contributed by atoms with Gasteiger partial charge in [0.15, 0.2) is 0 Å². The maximum atomic E-state index is 13.3. The highest BCUT2D eigenvalue weighted by molar-refractivity contribution is 5.84. The number of likely N-dealkylation sites (N-methyl/N-ethyl adjacent to an activating group) is 1. The number of rotatable bonds is 5. The quantitative estimate of drug-likeness (QED) is 0.792. The van der Waals surface area contributed by atoms with Crippen molar-refractivity contribution in [3.63, 3.8) is 0 Å². The van der Waals surface area contributed by atoms with Gasteiger partial charge in [0.2, 0.25) is 11.8 Å². The Hall–Kier alpha value is -1.82. The lowest BCUT2D eigenvalue weighted by atomic mass is 9.73. The van der Waals surface area contributed by atoms with Crippen molar-refractivity contribution in [1.29, 1.82) is 0 Å². The van der Waals surface area contributed by atoms with Crippen LogP contribution in [-0.2, 0) is 15.1 Å². The standard InChI is InChI=1S/C21H34N4O2/c1-20(2,25-12-5-6-13-25)19(27)24-11-7-9-21(17-24)10-8-18(26)23(16-21)15-14-22(3)4/h5-6,12-13H,7-11,14-17H2,1-4H3/t21-/m1/s1. The number of amides is 2. The van der Waals surface area contributed by atoms with E-state index in [4.69, 9.17) is 0 Å². The van der Waals surface area contributed by atoms with Crippen LogP contribution in [0.3, 0.4) is 0 Å². The van der Waals surface area contributed by atoms with Crippen LogP contribution >= 0.6 is 0 Å². The highest BCUT2D eigenvalue weighted by atomic mass is 16.2. The summed E-state index contributed by atoms with van der Waals surface area (Å²) in [6.07, 6.45) is 7.55. The van der Waals surface area contributed by atoms with Gasteiger partial charge in [0, 0.05) is 57.0 Å². The van der Waals surface area contributed by atoms with Gasteiger partial charge in [0.1, 0.15) is 5.54 Å². The molecular formula is C21H34N4O2. The summed E-state index contributed by atoms with van der Waals surface area (Å²) in [4.78, 5) is 31.9. The highest BCUT2D eigenvalue weighted by Gasteiger charge is 2.44. The molecule has 0 radical (unpaired) electrons. The summed E-state index contributed by atoms with van der Waals surface area (Å²) >= 11 is 0. The van der Waals surface area contributed by atoms with Crippen molar-refractivity contribution in [1.82, 2.24) is 19.3 Å². The third-order valence-electron chi connectivity index (χ3n) is 6.29. The molecule has 0 unspecified atom stereocenters. The van der Waals surface area contributed by atoms with Crippen LogP contribution in [0.1, 0.15) is 39.5 Å². The minimum atomic E-state index is -0.586. The molecule has 1 spiro atoms. The molecule has 1 aromatic heterocycles. The Morgan fingerprint density at radius 3 is 2.56 bits per heavy atom. The first-order valence-electron chi connectivity index (χ1n) is 10.1. The number of hydrogen-bond donors (Lipinski definition) is 0. The number of hydrogen-bond acceptors (Lipinski definition) is 3. The van der Waals surface area contributed by atoms with Gasteiger partial charge < -0.3 is 19.3 Å². The van der Waals surface area contributed by atoms with Crippen LogP contribution < -0.4 is 0 Å². The topological polar surface area (TPSA) is 48.8 Å². The Bertz CT molecular complexity index is 668. The third kappa shape index (κ3) is 4.21. The Morgan fingerprint density at radius 2 is 1.89 bits per heavy atom. The molecule has 2 fully saturated rings. The number of likely N-dealkylation sites (tertiary alicyclic amines) is 2. The lowest BCUT2D eigenvalue weighted by Gasteiger charge is -2.49. The van der Waals surface area contributed by atoms with Crippen LogP contribution in [0.4, 0.5) is 0 Å². The molecule has 2 aliphatic heterocycles. The van der Waals surface area contributed by atoms with Crippen molar-refractivity contribution < 1.29 is 9.59 Å². The first-order chi connectivity index (χ1) is 12.7. The van der Waals surface area contributed by atoms with Gasteiger partial charge in [-0.05, 0) is 59.3 Å². The van der Waals surface area contributed by atoms with Crippen LogP contribution in [0.2, 0.25) is 0 Å². The van der Waals surface area contributed by atoms with Gasteiger partial charge in [-0.2, -0.15) is 0 Å². The average Bonchev–Trinajstić information content (AvgIpc) is 3.18. The molecule has 6 nitrogen and oxygen atoms in total. The van der Waals surface area contributed by atoms with Crippen LogP contribution in [0, 0.1) is 5.41 Å². The summed E-state index contributed by atoms with van der Waals surface area (Å²) < 4.78 is 1.99. The Morgan fingerprint density at radius 1 is 1.19 bits per heavy atom. The molecule has 1 aromatic rings.